The summed E-state index contributed by atoms with van der Waals surface area (Å²) in [4.78, 5) is 0.137. The fourth-order valence-corrected chi connectivity index (χ4v) is 3.15. The number of halogens is 1. The number of benzene rings is 1. The van der Waals surface area contributed by atoms with Gasteiger partial charge in [0, 0.05) is 12.1 Å². The zero-order valence-corrected chi connectivity index (χ0v) is 13.2. The Hall–Kier alpha value is -0.690. The Labute approximate surface area is 124 Å². The predicted molar refractivity (Wildman–Crippen MR) is 82.0 cm³/mol. The largest absolute Gasteiger partial charge is 0.389 e. The van der Waals surface area contributed by atoms with Gasteiger partial charge in [0.1, 0.15) is 9.88 Å². The lowest BCUT2D eigenvalue weighted by Gasteiger charge is -2.12. The predicted octanol–water partition coefficient (Wildman–Crippen LogP) is 2.30. The van der Waals surface area contributed by atoms with Crippen molar-refractivity contribution in [1.82, 2.24) is 4.72 Å². The van der Waals surface area contributed by atoms with Crippen LogP contribution in [0.25, 0.3) is 0 Å². The van der Waals surface area contributed by atoms with Crippen molar-refractivity contribution in [2.45, 2.75) is 25.2 Å². The van der Waals surface area contributed by atoms with Crippen molar-refractivity contribution in [3.63, 3.8) is 0 Å². The molecular weight excluding hydrogens is 304 g/mol. The molecule has 1 rings (SSSR count). The van der Waals surface area contributed by atoms with Crippen molar-refractivity contribution in [3.05, 3.63) is 28.8 Å². The van der Waals surface area contributed by atoms with Gasteiger partial charge in [0.25, 0.3) is 0 Å². The van der Waals surface area contributed by atoms with E-state index in [1.807, 2.05) is 13.8 Å². The van der Waals surface area contributed by atoms with E-state index < -0.39 is 10.0 Å². The van der Waals surface area contributed by atoms with E-state index in [0.717, 1.165) is 6.42 Å². The van der Waals surface area contributed by atoms with E-state index >= 15 is 0 Å². The number of hydrogen-bond donors (Lipinski definition) is 2. The minimum atomic E-state index is -3.65. The van der Waals surface area contributed by atoms with Gasteiger partial charge in [-0.3, -0.25) is 0 Å². The molecule has 1 unspecified atom stereocenters. The Kier molecular flexibility index (Phi) is 5.73. The smallest absolute Gasteiger partial charge is 0.242 e. The third-order valence-corrected chi connectivity index (χ3v) is 4.96. The summed E-state index contributed by atoms with van der Waals surface area (Å²) in [5, 5.41) is 0.150. The molecule has 0 radical (unpaired) electrons. The van der Waals surface area contributed by atoms with Crippen LogP contribution in [0, 0.1) is 5.92 Å². The molecular formula is C12H17ClN2O2S2. The van der Waals surface area contributed by atoms with Crippen LogP contribution in [-0.4, -0.2) is 20.0 Å². The zero-order valence-electron chi connectivity index (χ0n) is 10.8. The third-order valence-electron chi connectivity index (χ3n) is 2.82. The lowest BCUT2D eigenvalue weighted by Crippen LogP contribution is -2.28. The maximum atomic E-state index is 12.2. The quantitative estimate of drug-likeness (QED) is 0.789. The van der Waals surface area contributed by atoms with Crippen LogP contribution >= 0.6 is 23.8 Å². The molecule has 0 heterocycles. The Morgan fingerprint density at radius 1 is 1.53 bits per heavy atom. The van der Waals surface area contributed by atoms with Crippen molar-refractivity contribution < 1.29 is 8.42 Å². The lowest BCUT2D eigenvalue weighted by molar-refractivity contribution is 0.528. The Morgan fingerprint density at radius 2 is 2.16 bits per heavy atom. The van der Waals surface area contributed by atoms with E-state index in [0.29, 0.717) is 12.1 Å². The highest BCUT2D eigenvalue weighted by Crippen LogP contribution is 2.22. The molecule has 3 N–H and O–H groups in total. The molecule has 0 amide bonds. The molecule has 0 spiro atoms. The summed E-state index contributed by atoms with van der Waals surface area (Å²) in [7, 11) is -3.65. The topological polar surface area (TPSA) is 72.2 Å². The van der Waals surface area contributed by atoms with Crippen LogP contribution < -0.4 is 10.5 Å². The molecule has 0 saturated carbocycles. The van der Waals surface area contributed by atoms with Crippen LogP contribution in [0.3, 0.4) is 0 Å². The molecule has 0 aliphatic rings. The highest BCUT2D eigenvalue weighted by Gasteiger charge is 2.19. The summed E-state index contributed by atoms with van der Waals surface area (Å²) in [6.45, 7) is 4.33. The van der Waals surface area contributed by atoms with Crippen molar-refractivity contribution in [3.8, 4) is 0 Å². The SMILES string of the molecule is CCC(C)CNS(=O)(=O)c1cc(C(N)=S)ccc1Cl. The second-order valence-corrected chi connectivity index (χ2v) is 6.96. The molecule has 4 nitrogen and oxygen atoms in total. The first-order valence-electron chi connectivity index (χ1n) is 5.87. The number of sulfonamides is 1. The average Bonchev–Trinajstić information content (AvgIpc) is 2.36. The molecule has 0 bridgehead atoms. The maximum Gasteiger partial charge on any atom is 0.242 e. The summed E-state index contributed by atoms with van der Waals surface area (Å²) >= 11 is 10.8. The number of thiocarbonyl (C=S) groups is 1. The molecule has 7 heteroatoms. The second-order valence-electron chi connectivity index (χ2n) is 4.37. The van der Waals surface area contributed by atoms with Gasteiger partial charge < -0.3 is 5.73 Å². The first-order valence-corrected chi connectivity index (χ1v) is 8.14. The fourth-order valence-electron chi connectivity index (χ4n) is 1.34. The van der Waals surface area contributed by atoms with Gasteiger partial charge >= 0.3 is 0 Å². The van der Waals surface area contributed by atoms with Gasteiger partial charge in [-0.1, -0.05) is 50.2 Å². The molecule has 1 aromatic carbocycles. The fraction of sp³-hybridized carbons (Fsp3) is 0.417. The summed E-state index contributed by atoms with van der Waals surface area (Å²) in [6.07, 6.45) is 0.892. The minimum absolute atomic E-state index is 0.00256. The number of nitrogens with one attached hydrogen (secondary N) is 1. The molecule has 0 saturated heterocycles. The van der Waals surface area contributed by atoms with Gasteiger partial charge in [-0.25, -0.2) is 13.1 Å². The van der Waals surface area contributed by atoms with E-state index in [1.54, 1.807) is 6.07 Å². The Balaban J connectivity index is 3.06. The van der Waals surface area contributed by atoms with E-state index in [-0.39, 0.29) is 20.8 Å². The summed E-state index contributed by atoms with van der Waals surface area (Å²) in [5.74, 6) is 0.257. The normalized spacial score (nSPS) is 13.2. The molecule has 0 aliphatic carbocycles. The first kappa shape index (κ1) is 16.4. The van der Waals surface area contributed by atoms with Gasteiger partial charge in [-0.2, -0.15) is 0 Å². The van der Waals surface area contributed by atoms with Gasteiger partial charge in [-0.15, -0.1) is 0 Å². The molecule has 0 aromatic heterocycles. The Bertz CT molecular complexity index is 573. The summed E-state index contributed by atoms with van der Waals surface area (Å²) in [5.41, 5.74) is 5.97. The molecule has 0 fully saturated rings. The monoisotopic (exact) mass is 320 g/mol. The van der Waals surface area contributed by atoms with Crippen LogP contribution in [0.4, 0.5) is 0 Å². The van der Waals surface area contributed by atoms with E-state index in [2.05, 4.69) is 4.72 Å². The molecule has 1 atom stereocenters. The van der Waals surface area contributed by atoms with Crippen LogP contribution in [0.2, 0.25) is 5.02 Å². The van der Waals surface area contributed by atoms with Crippen molar-refractivity contribution in [2.75, 3.05) is 6.54 Å². The van der Waals surface area contributed by atoms with Crippen LogP contribution in [0.15, 0.2) is 23.1 Å². The average molecular weight is 321 g/mol. The molecule has 0 aliphatic heterocycles. The summed E-state index contributed by atoms with van der Waals surface area (Å²) in [6, 6.07) is 4.47. The first-order chi connectivity index (χ1) is 8.77. The van der Waals surface area contributed by atoms with Crippen molar-refractivity contribution in [2.24, 2.45) is 11.7 Å². The minimum Gasteiger partial charge on any atom is -0.389 e. The Morgan fingerprint density at radius 3 is 2.68 bits per heavy atom. The highest BCUT2D eigenvalue weighted by atomic mass is 35.5. The van der Waals surface area contributed by atoms with Gasteiger partial charge in [0.05, 0.1) is 5.02 Å². The number of hydrogen-bond acceptors (Lipinski definition) is 3. The van der Waals surface area contributed by atoms with Crippen molar-refractivity contribution >= 4 is 38.8 Å². The number of nitrogens with two attached hydrogens (primary N) is 1. The van der Waals surface area contributed by atoms with E-state index in [1.165, 1.54) is 12.1 Å². The summed E-state index contributed by atoms with van der Waals surface area (Å²) < 4.78 is 26.9. The van der Waals surface area contributed by atoms with E-state index in [4.69, 9.17) is 29.6 Å². The van der Waals surface area contributed by atoms with Crippen LogP contribution in [0.5, 0.6) is 0 Å². The molecule has 1 aromatic rings. The molecule has 19 heavy (non-hydrogen) atoms. The molecule has 106 valence electrons. The highest BCUT2D eigenvalue weighted by molar-refractivity contribution is 7.89. The number of rotatable bonds is 6. The zero-order chi connectivity index (χ0) is 14.6. The third kappa shape index (κ3) is 4.42. The van der Waals surface area contributed by atoms with Crippen LogP contribution in [0.1, 0.15) is 25.8 Å². The standard InChI is InChI=1S/C12H17ClN2O2S2/c1-3-8(2)7-15-19(16,17)11-6-9(12(14)18)4-5-10(11)13/h4-6,8,15H,3,7H2,1-2H3,(H2,14,18). The second kappa shape index (κ2) is 6.65. The van der Waals surface area contributed by atoms with Crippen LogP contribution in [-0.2, 0) is 10.0 Å². The van der Waals surface area contributed by atoms with Gasteiger partial charge in [0.2, 0.25) is 10.0 Å². The van der Waals surface area contributed by atoms with E-state index in [9.17, 15) is 8.42 Å². The lowest BCUT2D eigenvalue weighted by atomic mass is 10.1. The van der Waals surface area contributed by atoms with Gasteiger partial charge in [0.15, 0.2) is 0 Å². The van der Waals surface area contributed by atoms with Crippen molar-refractivity contribution in [1.29, 1.82) is 0 Å². The van der Waals surface area contributed by atoms with Gasteiger partial charge in [-0.05, 0) is 18.1 Å². The maximum absolute atomic E-state index is 12.2.